The number of benzene rings is 2. The van der Waals surface area contributed by atoms with Crippen LogP contribution in [0.2, 0.25) is 0 Å². The predicted octanol–water partition coefficient (Wildman–Crippen LogP) is 3.03. The third kappa shape index (κ3) is 4.99. The van der Waals surface area contributed by atoms with Crippen LogP contribution >= 0.6 is 0 Å². The van der Waals surface area contributed by atoms with Crippen molar-refractivity contribution in [2.45, 2.75) is 25.8 Å². The number of para-hydroxylation sites is 1. The van der Waals surface area contributed by atoms with Crippen LogP contribution in [0.4, 0.5) is 11.4 Å². The van der Waals surface area contributed by atoms with Gasteiger partial charge in [-0.3, -0.25) is 9.59 Å². The highest BCUT2D eigenvalue weighted by molar-refractivity contribution is 6.04. The van der Waals surface area contributed by atoms with Crippen molar-refractivity contribution in [3.63, 3.8) is 0 Å². The molecule has 1 aliphatic carbocycles. The first-order valence-corrected chi connectivity index (χ1v) is 8.82. The van der Waals surface area contributed by atoms with Gasteiger partial charge in [-0.25, -0.2) is 0 Å². The molecule has 0 spiro atoms. The monoisotopic (exact) mass is 353 g/mol. The molecule has 2 amide bonds. The van der Waals surface area contributed by atoms with Gasteiger partial charge in [0.2, 0.25) is 5.91 Å². The van der Waals surface area contributed by atoms with Crippen molar-refractivity contribution in [1.29, 1.82) is 0 Å². The lowest BCUT2D eigenvalue weighted by molar-refractivity contribution is -0.114. The van der Waals surface area contributed by atoms with Crippen LogP contribution < -0.4 is 20.7 Å². The van der Waals surface area contributed by atoms with Gasteiger partial charge in [0, 0.05) is 11.7 Å². The SMILES string of the molecule is CCOc1ccc(NCC(=O)Nc2ccccc2C(=O)NC2CC2)cc1. The van der Waals surface area contributed by atoms with Gasteiger partial charge in [0.15, 0.2) is 0 Å². The van der Waals surface area contributed by atoms with Gasteiger partial charge in [0.05, 0.1) is 24.4 Å². The zero-order chi connectivity index (χ0) is 18.4. The van der Waals surface area contributed by atoms with Crippen molar-refractivity contribution in [1.82, 2.24) is 5.32 Å². The third-order valence-corrected chi connectivity index (χ3v) is 3.98. The molecule has 0 unspecified atom stereocenters. The Morgan fingerprint density at radius 1 is 1.08 bits per heavy atom. The Morgan fingerprint density at radius 3 is 2.50 bits per heavy atom. The molecule has 1 aliphatic rings. The summed E-state index contributed by atoms with van der Waals surface area (Å²) in [5.74, 6) is 0.423. The normalized spacial score (nSPS) is 13.0. The van der Waals surface area contributed by atoms with E-state index in [4.69, 9.17) is 4.74 Å². The van der Waals surface area contributed by atoms with Crippen LogP contribution in [0.15, 0.2) is 48.5 Å². The summed E-state index contributed by atoms with van der Waals surface area (Å²) < 4.78 is 5.39. The molecule has 6 nitrogen and oxygen atoms in total. The molecule has 0 bridgehead atoms. The Morgan fingerprint density at radius 2 is 1.81 bits per heavy atom. The summed E-state index contributed by atoms with van der Waals surface area (Å²) in [6.07, 6.45) is 2.04. The molecule has 0 heterocycles. The molecule has 0 saturated heterocycles. The summed E-state index contributed by atoms with van der Waals surface area (Å²) in [5, 5.41) is 8.80. The van der Waals surface area contributed by atoms with Gasteiger partial charge >= 0.3 is 0 Å². The number of carbonyl (C=O) groups excluding carboxylic acids is 2. The van der Waals surface area contributed by atoms with Gasteiger partial charge in [0.25, 0.3) is 5.91 Å². The van der Waals surface area contributed by atoms with E-state index in [1.165, 1.54) is 0 Å². The van der Waals surface area contributed by atoms with Crippen LogP contribution in [0, 0.1) is 0 Å². The minimum absolute atomic E-state index is 0.104. The minimum Gasteiger partial charge on any atom is -0.494 e. The number of hydrogen-bond acceptors (Lipinski definition) is 4. The average Bonchev–Trinajstić information content (AvgIpc) is 3.46. The van der Waals surface area contributed by atoms with Gasteiger partial charge in [0.1, 0.15) is 5.75 Å². The van der Waals surface area contributed by atoms with Crippen molar-refractivity contribution in [3.8, 4) is 5.75 Å². The fraction of sp³-hybridized carbons (Fsp3) is 0.300. The lowest BCUT2D eigenvalue weighted by Gasteiger charge is -2.12. The zero-order valence-electron chi connectivity index (χ0n) is 14.7. The molecular weight excluding hydrogens is 330 g/mol. The smallest absolute Gasteiger partial charge is 0.253 e. The van der Waals surface area contributed by atoms with Gasteiger partial charge in [-0.05, 0) is 56.2 Å². The topological polar surface area (TPSA) is 79.5 Å². The Labute approximate surface area is 152 Å². The predicted molar refractivity (Wildman–Crippen MR) is 102 cm³/mol. The number of hydrogen-bond donors (Lipinski definition) is 3. The van der Waals surface area contributed by atoms with E-state index >= 15 is 0 Å². The van der Waals surface area contributed by atoms with Crippen LogP contribution in [-0.2, 0) is 4.79 Å². The maximum absolute atomic E-state index is 12.3. The fourth-order valence-electron chi connectivity index (χ4n) is 2.49. The highest BCUT2D eigenvalue weighted by Gasteiger charge is 2.24. The first kappa shape index (κ1) is 17.8. The van der Waals surface area contributed by atoms with E-state index in [0.29, 0.717) is 17.9 Å². The van der Waals surface area contributed by atoms with Crippen molar-refractivity contribution >= 4 is 23.2 Å². The number of ether oxygens (including phenoxy) is 1. The minimum atomic E-state index is -0.217. The summed E-state index contributed by atoms with van der Waals surface area (Å²) in [6.45, 7) is 2.65. The number of anilines is 2. The second kappa shape index (κ2) is 8.38. The Hall–Kier alpha value is -3.02. The van der Waals surface area contributed by atoms with Crippen molar-refractivity contribution in [2.24, 2.45) is 0 Å². The zero-order valence-corrected chi connectivity index (χ0v) is 14.7. The number of amides is 2. The first-order valence-electron chi connectivity index (χ1n) is 8.82. The summed E-state index contributed by atoms with van der Waals surface area (Å²) in [7, 11) is 0. The largest absolute Gasteiger partial charge is 0.494 e. The molecule has 26 heavy (non-hydrogen) atoms. The lowest BCUT2D eigenvalue weighted by atomic mass is 10.1. The quantitative estimate of drug-likeness (QED) is 0.681. The maximum Gasteiger partial charge on any atom is 0.253 e. The summed E-state index contributed by atoms with van der Waals surface area (Å²) in [6, 6.07) is 14.7. The first-order chi connectivity index (χ1) is 12.7. The van der Waals surface area contributed by atoms with E-state index in [1.54, 1.807) is 24.3 Å². The number of nitrogens with one attached hydrogen (secondary N) is 3. The van der Waals surface area contributed by atoms with E-state index in [-0.39, 0.29) is 24.4 Å². The van der Waals surface area contributed by atoms with Crippen molar-refractivity contribution in [3.05, 3.63) is 54.1 Å². The summed E-state index contributed by atoms with van der Waals surface area (Å²) in [4.78, 5) is 24.5. The fourth-order valence-corrected chi connectivity index (χ4v) is 2.49. The van der Waals surface area contributed by atoms with Gasteiger partial charge in [-0.1, -0.05) is 12.1 Å². The average molecular weight is 353 g/mol. The van der Waals surface area contributed by atoms with Crippen LogP contribution in [-0.4, -0.2) is 31.0 Å². The maximum atomic E-state index is 12.3. The van der Waals surface area contributed by atoms with Gasteiger partial charge < -0.3 is 20.7 Å². The molecular formula is C20H23N3O3. The number of rotatable bonds is 8. The molecule has 0 aromatic heterocycles. The molecule has 0 radical (unpaired) electrons. The molecule has 6 heteroatoms. The van der Waals surface area contributed by atoms with Crippen LogP contribution in [0.3, 0.4) is 0 Å². The van der Waals surface area contributed by atoms with E-state index in [0.717, 1.165) is 24.3 Å². The standard InChI is InChI=1S/C20H23N3O3/c1-2-26-16-11-9-14(10-12-16)21-13-19(24)23-18-6-4-3-5-17(18)20(25)22-15-7-8-15/h3-6,9-12,15,21H,2,7-8,13H2,1H3,(H,22,25)(H,23,24). The van der Waals surface area contributed by atoms with E-state index in [9.17, 15) is 9.59 Å². The molecule has 3 N–H and O–H groups in total. The lowest BCUT2D eigenvalue weighted by Crippen LogP contribution is -2.28. The second-order valence-electron chi connectivity index (χ2n) is 6.15. The molecule has 2 aromatic carbocycles. The van der Waals surface area contributed by atoms with E-state index in [1.807, 2.05) is 31.2 Å². The highest BCUT2D eigenvalue weighted by atomic mass is 16.5. The molecule has 0 aliphatic heterocycles. The van der Waals surface area contributed by atoms with Gasteiger partial charge in [-0.15, -0.1) is 0 Å². The van der Waals surface area contributed by atoms with E-state index in [2.05, 4.69) is 16.0 Å². The van der Waals surface area contributed by atoms with Crippen LogP contribution in [0.5, 0.6) is 5.75 Å². The number of carbonyl (C=O) groups is 2. The molecule has 3 rings (SSSR count). The molecule has 2 aromatic rings. The summed E-state index contributed by atoms with van der Waals surface area (Å²) >= 11 is 0. The van der Waals surface area contributed by atoms with Crippen LogP contribution in [0.1, 0.15) is 30.1 Å². The van der Waals surface area contributed by atoms with Crippen LogP contribution in [0.25, 0.3) is 0 Å². The summed E-state index contributed by atoms with van der Waals surface area (Å²) in [5.41, 5.74) is 1.82. The van der Waals surface area contributed by atoms with Crippen molar-refractivity contribution < 1.29 is 14.3 Å². The Balaban J connectivity index is 1.55. The molecule has 1 saturated carbocycles. The third-order valence-electron chi connectivity index (χ3n) is 3.98. The second-order valence-corrected chi connectivity index (χ2v) is 6.15. The molecule has 0 atom stereocenters. The highest BCUT2D eigenvalue weighted by Crippen LogP contribution is 2.21. The van der Waals surface area contributed by atoms with E-state index < -0.39 is 0 Å². The molecule has 136 valence electrons. The van der Waals surface area contributed by atoms with Gasteiger partial charge in [-0.2, -0.15) is 0 Å². The van der Waals surface area contributed by atoms with Crippen molar-refractivity contribution in [2.75, 3.05) is 23.8 Å². The molecule has 1 fully saturated rings. The Bertz CT molecular complexity index is 770. The Kier molecular flexibility index (Phi) is 5.73.